The third-order valence-electron chi connectivity index (χ3n) is 4.35. The Hall–Kier alpha value is -3.02. The first kappa shape index (κ1) is 18.8. The summed E-state index contributed by atoms with van der Waals surface area (Å²) in [7, 11) is 0. The van der Waals surface area contributed by atoms with Crippen molar-refractivity contribution in [3.05, 3.63) is 53.2 Å². The number of amides is 2. The normalized spacial score (nSPS) is 16.9. The molecule has 2 aromatic rings. The molecule has 3 rings (SSSR count). The molecule has 1 atom stereocenters. The fourth-order valence-electron chi connectivity index (χ4n) is 3.31. The average molecular weight is 368 g/mol. The van der Waals surface area contributed by atoms with E-state index in [0.717, 1.165) is 16.3 Å². The van der Waals surface area contributed by atoms with Crippen LogP contribution in [-0.2, 0) is 9.53 Å². The van der Waals surface area contributed by atoms with Crippen molar-refractivity contribution in [2.24, 2.45) is 0 Å². The number of benzene rings is 2. The van der Waals surface area contributed by atoms with Gasteiger partial charge in [-0.3, -0.25) is 0 Å². The predicted octanol–water partition coefficient (Wildman–Crippen LogP) is 3.82. The van der Waals surface area contributed by atoms with Gasteiger partial charge in [0.2, 0.25) is 0 Å². The zero-order valence-electron chi connectivity index (χ0n) is 16.0. The van der Waals surface area contributed by atoms with Crippen LogP contribution >= 0.6 is 0 Å². The molecule has 0 saturated heterocycles. The van der Waals surface area contributed by atoms with Crippen molar-refractivity contribution in [3.8, 4) is 5.75 Å². The monoisotopic (exact) mass is 368 g/mol. The van der Waals surface area contributed by atoms with Crippen molar-refractivity contribution in [1.29, 1.82) is 0 Å². The number of ether oxygens (including phenoxy) is 2. The summed E-state index contributed by atoms with van der Waals surface area (Å²) < 4.78 is 11.3. The number of fused-ring (bicyclic) bond motifs is 1. The maximum Gasteiger partial charge on any atom is 0.338 e. The maximum atomic E-state index is 12.8. The van der Waals surface area contributed by atoms with Gasteiger partial charge in [0.05, 0.1) is 24.3 Å². The van der Waals surface area contributed by atoms with E-state index >= 15 is 0 Å². The summed E-state index contributed by atoms with van der Waals surface area (Å²) in [6.45, 7) is 7.66. The van der Waals surface area contributed by atoms with Crippen LogP contribution in [0, 0.1) is 0 Å². The molecule has 0 radical (unpaired) electrons. The van der Waals surface area contributed by atoms with E-state index in [9.17, 15) is 9.59 Å². The highest BCUT2D eigenvalue weighted by atomic mass is 16.5. The zero-order chi connectivity index (χ0) is 19.6. The first-order valence-corrected chi connectivity index (χ1v) is 9.06. The molecule has 6 nitrogen and oxygen atoms in total. The van der Waals surface area contributed by atoms with Crippen LogP contribution in [0.3, 0.4) is 0 Å². The van der Waals surface area contributed by atoms with Crippen molar-refractivity contribution in [2.45, 2.75) is 39.8 Å². The second kappa shape index (κ2) is 7.70. The van der Waals surface area contributed by atoms with Gasteiger partial charge in [-0.15, -0.1) is 0 Å². The molecule has 1 heterocycles. The Morgan fingerprint density at radius 1 is 1.19 bits per heavy atom. The highest BCUT2D eigenvalue weighted by Gasteiger charge is 2.35. The Morgan fingerprint density at radius 2 is 1.93 bits per heavy atom. The first-order chi connectivity index (χ1) is 12.9. The number of hydrogen-bond acceptors (Lipinski definition) is 4. The van der Waals surface area contributed by atoms with Crippen LogP contribution in [0.5, 0.6) is 5.75 Å². The second-order valence-electron chi connectivity index (χ2n) is 6.66. The average Bonchev–Trinajstić information content (AvgIpc) is 2.60. The third kappa shape index (κ3) is 3.74. The van der Waals surface area contributed by atoms with Gasteiger partial charge in [-0.05, 0) is 44.5 Å². The van der Waals surface area contributed by atoms with Crippen molar-refractivity contribution in [1.82, 2.24) is 10.6 Å². The van der Waals surface area contributed by atoms with E-state index in [1.54, 1.807) is 20.8 Å². The molecule has 0 bridgehead atoms. The number of allylic oxidation sites excluding steroid dienone is 1. The summed E-state index contributed by atoms with van der Waals surface area (Å²) in [5.41, 5.74) is 1.60. The van der Waals surface area contributed by atoms with Crippen LogP contribution in [0.1, 0.15) is 39.3 Å². The Balaban J connectivity index is 2.22. The van der Waals surface area contributed by atoms with Gasteiger partial charge < -0.3 is 20.1 Å². The Labute approximate surface area is 158 Å². The number of carbonyl (C=O) groups is 2. The highest BCUT2D eigenvalue weighted by molar-refractivity contribution is 5.98. The van der Waals surface area contributed by atoms with Crippen molar-refractivity contribution in [2.75, 3.05) is 6.61 Å². The minimum Gasteiger partial charge on any atom is -0.493 e. The SMILES string of the molecule is CCOc1ccc2ccccc2c1C1NC(=O)NC(C)=C1C(=O)OC(C)C. The van der Waals surface area contributed by atoms with Gasteiger partial charge >= 0.3 is 12.0 Å². The van der Waals surface area contributed by atoms with Gasteiger partial charge in [-0.1, -0.05) is 30.3 Å². The largest absolute Gasteiger partial charge is 0.493 e. The molecule has 0 saturated carbocycles. The number of nitrogens with one attached hydrogen (secondary N) is 2. The van der Waals surface area contributed by atoms with E-state index in [2.05, 4.69) is 10.6 Å². The lowest BCUT2D eigenvalue weighted by molar-refractivity contribution is -0.143. The van der Waals surface area contributed by atoms with Gasteiger partial charge in [0, 0.05) is 11.3 Å². The maximum absolute atomic E-state index is 12.8. The fourth-order valence-corrected chi connectivity index (χ4v) is 3.31. The third-order valence-corrected chi connectivity index (χ3v) is 4.35. The molecule has 6 heteroatoms. The zero-order valence-corrected chi connectivity index (χ0v) is 16.0. The number of carbonyl (C=O) groups excluding carboxylic acids is 2. The summed E-state index contributed by atoms with van der Waals surface area (Å²) in [4.78, 5) is 25.0. The molecule has 1 aliphatic heterocycles. The predicted molar refractivity (Wildman–Crippen MR) is 103 cm³/mol. The lowest BCUT2D eigenvalue weighted by Crippen LogP contribution is -2.45. The summed E-state index contributed by atoms with van der Waals surface area (Å²) in [5.74, 6) is 0.168. The molecule has 2 amide bonds. The molecular formula is C21H24N2O4. The summed E-state index contributed by atoms with van der Waals surface area (Å²) in [6, 6.07) is 10.6. The minimum atomic E-state index is -0.669. The molecule has 0 aliphatic carbocycles. The van der Waals surface area contributed by atoms with Gasteiger partial charge in [-0.25, -0.2) is 9.59 Å². The Bertz CT molecular complexity index is 918. The van der Waals surface area contributed by atoms with Gasteiger partial charge in [0.15, 0.2) is 0 Å². The second-order valence-corrected chi connectivity index (χ2v) is 6.66. The van der Waals surface area contributed by atoms with E-state index in [-0.39, 0.29) is 12.1 Å². The standard InChI is InChI=1S/C21H24N2O4/c1-5-26-16-11-10-14-8-6-7-9-15(14)18(16)19-17(20(24)27-12(2)3)13(4)22-21(25)23-19/h6-12,19H,5H2,1-4H3,(H2,22,23,25). The van der Waals surface area contributed by atoms with Crippen LogP contribution in [0.4, 0.5) is 4.79 Å². The molecule has 27 heavy (non-hydrogen) atoms. The number of esters is 1. The number of urea groups is 1. The molecule has 2 N–H and O–H groups in total. The van der Waals surface area contributed by atoms with Crippen LogP contribution in [-0.4, -0.2) is 24.7 Å². The number of rotatable bonds is 5. The van der Waals surface area contributed by atoms with Gasteiger partial charge in [-0.2, -0.15) is 0 Å². The summed E-state index contributed by atoms with van der Waals surface area (Å²) >= 11 is 0. The molecule has 142 valence electrons. The highest BCUT2D eigenvalue weighted by Crippen LogP contribution is 2.38. The van der Waals surface area contributed by atoms with E-state index in [0.29, 0.717) is 23.6 Å². The van der Waals surface area contributed by atoms with E-state index in [1.165, 1.54) is 0 Å². The summed E-state index contributed by atoms with van der Waals surface area (Å²) in [5, 5.41) is 7.45. The van der Waals surface area contributed by atoms with E-state index < -0.39 is 12.0 Å². The first-order valence-electron chi connectivity index (χ1n) is 9.06. The summed E-state index contributed by atoms with van der Waals surface area (Å²) in [6.07, 6.45) is -0.269. The topological polar surface area (TPSA) is 76.7 Å². The van der Waals surface area contributed by atoms with Crippen molar-refractivity contribution in [3.63, 3.8) is 0 Å². The van der Waals surface area contributed by atoms with Crippen molar-refractivity contribution >= 4 is 22.8 Å². The fraction of sp³-hybridized carbons (Fsp3) is 0.333. The molecular weight excluding hydrogens is 344 g/mol. The lowest BCUT2D eigenvalue weighted by Gasteiger charge is -2.30. The quantitative estimate of drug-likeness (QED) is 0.787. The van der Waals surface area contributed by atoms with Crippen molar-refractivity contribution < 1.29 is 19.1 Å². The van der Waals surface area contributed by atoms with Crippen LogP contribution in [0.25, 0.3) is 10.8 Å². The van der Waals surface area contributed by atoms with Gasteiger partial charge in [0.25, 0.3) is 0 Å². The molecule has 0 aromatic heterocycles. The van der Waals surface area contributed by atoms with E-state index in [4.69, 9.17) is 9.47 Å². The molecule has 1 aliphatic rings. The Morgan fingerprint density at radius 3 is 2.63 bits per heavy atom. The number of hydrogen-bond donors (Lipinski definition) is 2. The minimum absolute atomic E-state index is 0.269. The van der Waals surface area contributed by atoms with Crippen LogP contribution in [0.15, 0.2) is 47.7 Å². The van der Waals surface area contributed by atoms with Crippen LogP contribution in [0.2, 0.25) is 0 Å². The molecule has 0 spiro atoms. The molecule has 1 unspecified atom stereocenters. The molecule has 0 fully saturated rings. The lowest BCUT2D eigenvalue weighted by atomic mass is 9.90. The van der Waals surface area contributed by atoms with Crippen LogP contribution < -0.4 is 15.4 Å². The Kier molecular flexibility index (Phi) is 5.35. The van der Waals surface area contributed by atoms with E-state index in [1.807, 2.05) is 43.3 Å². The van der Waals surface area contributed by atoms with Gasteiger partial charge in [0.1, 0.15) is 5.75 Å². The molecule has 2 aromatic carbocycles. The smallest absolute Gasteiger partial charge is 0.338 e.